The third-order valence-electron chi connectivity index (χ3n) is 4.53. The zero-order valence-corrected chi connectivity index (χ0v) is 15.5. The molecular weight excluding hydrogens is 326 g/mol. The van der Waals surface area contributed by atoms with Crippen molar-refractivity contribution in [3.8, 4) is 5.75 Å². The van der Waals surface area contributed by atoms with Gasteiger partial charge in [0.2, 0.25) is 0 Å². The second kappa shape index (κ2) is 7.44. The second-order valence-electron chi connectivity index (χ2n) is 6.43. The topological polar surface area (TPSA) is 55.6 Å². The molecule has 0 unspecified atom stereocenters. The van der Waals surface area contributed by atoms with E-state index in [-0.39, 0.29) is 12.5 Å². The molecule has 0 aliphatic rings. The van der Waals surface area contributed by atoms with Crippen LogP contribution in [0.2, 0.25) is 0 Å². The first-order valence-electron chi connectivity index (χ1n) is 8.53. The molecule has 26 heavy (non-hydrogen) atoms. The molecule has 0 aliphatic heterocycles. The van der Waals surface area contributed by atoms with Crippen LogP contribution >= 0.6 is 0 Å². The van der Waals surface area contributed by atoms with Gasteiger partial charge in [0.25, 0.3) is 5.91 Å². The fourth-order valence-electron chi connectivity index (χ4n) is 2.92. The Morgan fingerprint density at radius 3 is 2.77 bits per heavy atom. The predicted molar refractivity (Wildman–Crippen MR) is 105 cm³/mol. The molecule has 0 radical (unpaired) electrons. The normalized spacial score (nSPS) is 11.2. The van der Waals surface area contributed by atoms with E-state index in [9.17, 15) is 4.79 Å². The number of ether oxygens (including phenoxy) is 1. The lowest BCUT2D eigenvalue weighted by molar-refractivity contribution is -0.123. The van der Waals surface area contributed by atoms with Crippen molar-refractivity contribution in [1.29, 1.82) is 0 Å². The van der Waals surface area contributed by atoms with Gasteiger partial charge in [-0.2, -0.15) is 5.10 Å². The van der Waals surface area contributed by atoms with E-state index in [4.69, 9.17) is 4.74 Å². The smallest absolute Gasteiger partial charge is 0.277 e. The van der Waals surface area contributed by atoms with Gasteiger partial charge in [-0.25, -0.2) is 5.43 Å². The minimum atomic E-state index is -0.292. The number of benzene rings is 2. The number of fused-ring (bicyclic) bond motifs is 1. The molecular formula is C21H23N3O2. The van der Waals surface area contributed by atoms with Crippen molar-refractivity contribution in [1.82, 2.24) is 9.99 Å². The lowest BCUT2D eigenvalue weighted by Crippen LogP contribution is -2.24. The Morgan fingerprint density at radius 1 is 1.19 bits per heavy atom. The summed E-state index contributed by atoms with van der Waals surface area (Å²) >= 11 is 0. The number of rotatable bonds is 5. The van der Waals surface area contributed by atoms with E-state index in [2.05, 4.69) is 27.2 Å². The lowest BCUT2D eigenvalue weighted by atomic mass is 10.1. The van der Waals surface area contributed by atoms with Crippen LogP contribution < -0.4 is 10.2 Å². The van der Waals surface area contributed by atoms with Crippen LogP contribution in [0.3, 0.4) is 0 Å². The Labute approximate surface area is 153 Å². The maximum Gasteiger partial charge on any atom is 0.277 e. The van der Waals surface area contributed by atoms with Gasteiger partial charge >= 0.3 is 0 Å². The number of carbonyl (C=O) groups is 1. The summed E-state index contributed by atoms with van der Waals surface area (Å²) in [6, 6.07) is 14.0. The van der Waals surface area contributed by atoms with Gasteiger partial charge in [-0.15, -0.1) is 0 Å². The number of nitrogens with zero attached hydrogens (tertiary/aromatic N) is 2. The van der Waals surface area contributed by atoms with E-state index in [0.717, 1.165) is 33.3 Å². The van der Waals surface area contributed by atoms with Crippen LogP contribution in [0, 0.1) is 20.8 Å². The Hall–Kier alpha value is -3.08. The number of carbonyl (C=O) groups excluding carboxylic acids is 1. The summed E-state index contributed by atoms with van der Waals surface area (Å²) in [7, 11) is 2.02. The number of aryl methyl sites for hydroxylation is 3. The third kappa shape index (κ3) is 3.61. The van der Waals surface area contributed by atoms with Crippen LogP contribution in [0.4, 0.5) is 0 Å². The summed E-state index contributed by atoms with van der Waals surface area (Å²) in [5.74, 6) is 0.425. The predicted octanol–water partition coefficient (Wildman–Crippen LogP) is 3.63. The Morgan fingerprint density at radius 2 is 1.96 bits per heavy atom. The number of aromatic nitrogens is 1. The lowest BCUT2D eigenvalue weighted by Gasteiger charge is -2.08. The summed E-state index contributed by atoms with van der Waals surface area (Å²) in [5, 5.41) is 5.21. The van der Waals surface area contributed by atoms with E-state index in [1.165, 1.54) is 0 Å². The van der Waals surface area contributed by atoms with Crippen LogP contribution in [0.5, 0.6) is 5.75 Å². The zero-order chi connectivity index (χ0) is 18.7. The van der Waals surface area contributed by atoms with Gasteiger partial charge in [0.1, 0.15) is 5.75 Å². The van der Waals surface area contributed by atoms with Crippen molar-refractivity contribution in [2.24, 2.45) is 12.1 Å². The van der Waals surface area contributed by atoms with Crippen molar-refractivity contribution in [2.45, 2.75) is 20.8 Å². The maximum atomic E-state index is 12.0. The zero-order valence-electron chi connectivity index (χ0n) is 15.5. The molecule has 1 amide bonds. The molecule has 0 saturated carbocycles. The largest absolute Gasteiger partial charge is 0.483 e. The number of nitrogens with one attached hydrogen (secondary N) is 1. The number of para-hydroxylation sites is 1. The monoisotopic (exact) mass is 349 g/mol. The minimum Gasteiger partial charge on any atom is -0.483 e. The van der Waals surface area contributed by atoms with Crippen LogP contribution in [0.25, 0.3) is 10.9 Å². The molecule has 3 rings (SSSR count). The van der Waals surface area contributed by atoms with Crippen LogP contribution in [-0.4, -0.2) is 23.3 Å². The van der Waals surface area contributed by atoms with Gasteiger partial charge in [-0.3, -0.25) is 4.79 Å². The minimum absolute atomic E-state index is 0.0733. The highest BCUT2D eigenvalue weighted by Crippen LogP contribution is 2.23. The molecule has 5 heteroatoms. The fourth-order valence-corrected chi connectivity index (χ4v) is 2.92. The molecule has 1 N–H and O–H groups in total. The molecule has 0 atom stereocenters. The van der Waals surface area contributed by atoms with Gasteiger partial charge in [-0.05, 0) is 44.0 Å². The van der Waals surface area contributed by atoms with E-state index in [0.29, 0.717) is 5.75 Å². The standard InChI is InChI=1S/C21H23N3O2/c1-14-9-10-15(2)20(11-14)26-13-21(25)23-22-12-18-16(3)24(4)19-8-6-5-7-17(18)19/h5-12H,13H2,1-4H3,(H,23,25)/b22-12+. The maximum absolute atomic E-state index is 12.0. The van der Waals surface area contributed by atoms with Crippen LogP contribution in [-0.2, 0) is 11.8 Å². The van der Waals surface area contributed by atoms with Gasteiger partial charge < -0.3 is 9.30 Å². The molecule has 5 nitrogen and oxygen atoms in total. The van der Waals surface area contributed by atoms with Gasteiger partial charge in [-0.1, -0.05) is 30.3 Å². The molecule has 2 aromatic carbocycles. The Kier molecular flexibility index (Phi) is 5.07. The molecule has 0 aliphatic carbocycles. The first kappa shape index (κ1) is 17.7. The number of hydrogen-bond acceptors (Lipinski definition) is 3. The van der Waals surface area contributed by atoms with Crippen molar-refractivity contribution in [3.05, 3.63) is 64.8 Å². The summed E-state index contributed by atoms with van der Waals surface area (Å²) in [6.07, 6.45) is 1.69. The Bertz CT molecular complexity index is 986. The molecule has 0 bridgehead atoms. The summed E-state index contributed by atoms with van der Waals surface area (Å²) in [4.78, 5) is 12.0. The first-order valence-corrected chi connectivity index (χ1v) is 8.53. The second-order valence-corrected chi connectivity index (χ2v) is 6.43. The van der Waals surface area contributed by atoms with Crippen molar-refractivity contribution >= 4 is 23.0 Å². The third-order valence-corrected chi connectivity index (χ3v) is 4.53. The van der Waals surface area contributed by atoms with Crippen molar-refractivity contribution in [3.63, 3.8) is 0 Å². The Balaban J connectivity index is 1.65. The molecule has 134 valence electrons. The van der Waals surface area contributed by atoms with Crippen molar-refractivity contribution < 1.29 is 9.53 Å². The van der Waals surface area contributed by atoms with Gasteiger partial charge in [0, 0.05) is 29.2 Å². The highest BCUT2D eigenvalue weighted by molar-refractivity contribution is 6.01. The molecule has 0 saturated heterocycles. The van der Waals surface area contributed by atoms with Gasteiger partial charge in [0.05, 0.1) is 6.21 Å². The van der Waals surface area contributed by atoms with Crippen LogP contribution in [0.1, 0.15) is 22.4 Å². The van der Waals surface area contributed by atoms with E-state index in [1.54, 1.807) is 6.21 Å². The highest BCUT2D eigenvalue weighted by atomic mass is 16.5. The SMILES string of the molecule is Cc1ccc(C)c(OCC(=O)N/N=C/c2c(C)n(C)c3ccccc23)c1. The van der Waals surface area contributed by atoms with E-state index < -0.39 is 0 Å². The number of hydrazone groups is 1. The van der Waals surface area contributed by atoms with Crippen LogP contribution in [0.15, 0.2) is 47.6 Å². The first-order chi connectivity index (χ1) is 12.5. The highest BCUT2D eigenvalue weighted by Gasteiger charge is 2.09. The molecule has 0 fully saturated rings. The summed E-state index contributed by atoms with van der Waals surface area (Å²) in [5.41, 5.74) is 7.85. The summed E-state index contributed by atoms with van der Waals surface area (Å²) < 4.78 is 7.70. The molecule has 1 aromatic heterocycles. The number of hydrogen-bond donors (Lipinski definition) is 1. The number of amides is 1. The van der Waals surface area contributed by atoms with E-state index >= 15 is 0 Å². The average molecular weight is 349 g/mol. The average Bonchev–Trinajstić information content (AvgIpc) is 2.87. The van der Waals surface area contributed by atoms with Gasteiger partial charge in [0.15, 0.2) is 6.61 Å². The quantitative estimate of drug-likeness (QED) is 0.565. The summed E-state index contributed by atoms with van der Waals surface area (Å²) in [6.45, 7) is 5.90. The van der Waals surface area contributed by atoms with E-state index in [1.807, 2.05) is 58.2 Å². The molecule has 0 spiro atoms. The fraction of sp³-hybridized carbons (Fsp3) is 0.238. The molecule has 1 heterocycles. The molecule has 3 aromatic rings. The van der Waals surface area contributed by atoms with Crippen molar-refractivity contribution in [2.75, 3.05) is 6.61 Å².